The lowest BCUT2D eigenvalue weighted by molar-refractivity contribution is 0.0995. The number of halogens is 1. The molecule has 0 aliphatic heterocycles. The van der Waals surface area contributed by atoms with E-state index in [1.165, 1.54) is 11.3 Å². The van der Waals surface area contributed by atoms with Gasteiger partial charge in [0.05, 0.1) is 16.8 Å². The first kappa shape index (κ1) is 12.5. The van der Waals surface area contributed by atoms with Crippen molar-refractivity contribution in [3.63, 3.8) is 0 Å². The summed E-state index contributed by atoms with van der Waals surface area (Å²) in [6.07, 6.45) is 0.337. The molecule has 0 N–H and O–H groups in total. The molecule has 94 valence electrons. The number of Topliss-reactive ketones (excluding diaryl/α,β-unsaturated/α-hetero) is 1. The fraction of sp³-hybridized carbons (Fsp3) is 0.0667. The zero-order chi connectivity index (χ0) is 13.2. The molecule has 0 spiro atoms. The molecule has 2 nitrogen and oxygen atoms in total. The van der Waals surface area contributed by atoms with Gasteiger partial charge in [0.25, 0.3) is 0 Å². The van der Waals surface area contributed by atoms with Crippen LogP contribution in [0.2, 0.25) is 0 Å². The molecule has 3 aromatic rings. The molecule has 2 heterocycles. The van der Waals surface area contributed by atoms with E-state index >= 15 is 0 Å². The lowest BCUT2D eigenvalue weighted by Crippen LogP contribution is -2.03. The van der Waals surface area contributed by atoms with E-state index in [1.54, 1.807) is 0 Å². The van der Waals surface area contributed by atoms with Gasteiger partial charge in [-0.25, -0.2) is 0 Å². The van der Waals surface area contributed by atoms with Crippen LogP contribution in [-0.2, 0) is 6.42 Å². The van der Waals surface area contributed by atoms with Gasteiger partial charge in [-0.2, -0.15) is 0 Å². The number of rotatable bonds is 3. The molecular weight excluding hydrogens is 322 g/mol. The molecular formula is C15H10BrNOS. The van der Waals surface area contributed by atoms with Crippen LogP contribution in [0.4, 0.5) is 0 Å². The van der Waals surface area contributed by atoms with Crippen molar-refractivity contribution in [1.29, 1.82) is 0 Å². The SMILES string of the molecule is O=C(Cc1ccc2ccccc2n1)c1sccc1Br. The Bertz CT molecular complexity index is 750. The summed E-state index contributed by atoms with van der Waals surface area (Å²) in [5, 5.41) is 3.00. The number of pyridine rings is 1. The number of carbonyl (C=O) groups is 1. The van der Waals surface area contributed by atoms with Crippen molar-refractivity contribution in [3.05, 3.63) is 62.9 Å². The third kappa shape index (κ3) is 2.60. The van der Waals surface area contributed by atoms with E-state index in [0.717, 1.165) is 25.9 Å². The maximum absolute atomic E-state index is 12.2. The molecule has 0 saturated heterocycles. The summed E-state index contributed by atoms with van der Waals surface area (Å²) in [6.45, 7) is 0. The first-order valence-corrected chi connectivity index (χ1v) is 7.52. The average Bonchev–Trinajstić information content (AvgIpc) is 2.85. The van der Waals surface area contributed by atoms with Gasteiger partial charge in [0.2, 0.25) is 0 Å². The maximum Gasteiger partial charge on any atom is 0.179 e. The topological polar surface area (TPSA) is 30.0 Å². The van der Waals surface area contributed by atoms with E-state index in [1.807, 2.05) is 47.8 Å². The number of fused-ring (bicyclic) bond motifs is 1. The van der Waals surface area contributed by atoms with Gasteiger partial charge >= 0.3 is 0 Å². The minimum absolute atomic E-state index is 0.102. The van der Waals surface area contributed by atoms with Gasteiger partial charge in [-0.3, -0.25) is 9.78 Å². The fourth-order valence-electron chi connectivity index (χ4n) is 1.94. The predicted molar refractivity (Wildman–Crippen MR) is 81.8 cm³/mol. The van der Waals surface area contributed by atoms with Crippen molar-refractivity contribution < 1.29 is 4.79 Å². The highest BCUT2D eigenvalue weighted by Gasteiger charge is 2.13. The van der Waals surface area contributed by atoms with Crippen LogP contribution < -0.4 is 0 Å². The maximum atomic E-state index is 12.2. The van der Waals surface area contributed by atoms with E-state index in [9.17, 15) is 4.79 Å². The highest BCUT2D eigenvalue weighted by Crippen LogP contribution is 2.24. The van der Waals surface area contributed by atoms with Crippen molar-refractivity contribution in [1.82, 2.24) is 4.98 Å². The minimum atomic E-state index is 0.102. The first-order chi connectivity index (χ1) is 9.24. The van der Waals surface area contributed by atoms with Gasteiger partial charge in [-0.05, 0) is 39.5 Å². The largest absolute Gasteiger partial charge is 0.293 e. The van der Waals surface area contributed by atoms with Crippen LogP contribution in [-0.4, -0.2) is 10.8 Å². The van der Waals surface area contributed by atoms with Crippen molar-refractivity contribution >= 4 is 44.0 Å². The lowest BCUT2D eigenvalue weighted by atomic mass is 10.1. The van der Waals surface area contributed by atoms with Crippen LogP contribution in [0.1, 0.15) is 15.4 Å². The van der Waals surface area contributed by atoms with Gasteiger partial charge in [-0.1, -0.05) is 24.3 Å². The third-order valence-corrected chi connectivity index (χ3v) is 4.75. The molecule has 0 aliphatic carbocycles. The second-order valence-electron chi connectivity index (χ2n) is 4.19. The van der Waals surface area contributed by atoms with Gasteiger partial charge in [0.1, 0.15) is 0 Å². The van der Waals surface area contributed by atoms with E-state index in [0.29, 0.717) is 6.42 Å². The predicted octanol–water partition coefficient (Wildman–Crippen LogP) is 4.48. The number of nitrogens with zero attached hydrogens (tertiary/aromatic N) is 1. The number of carbonyl (C=O) groups excluding carboxylic acids is 1. The normalized spacial score (nSPS) is 10.8. The zero-order valence-electron chi connectivity index (χ0n) is 9.97. The fourth-order valence-corrected chi connectivity index (χ4v) is 3.48. The molecule has 0 fully saturated rings. The number of hydrogen-bond donors (Lipinski definition) is 0. The third-order valence-electron chi connectivity index (χ3n) is 2.87. The minimum Gasteiger partial charge on any atom is -0.293 e. The summed E-state index contributed by atoms with van der Waals surface area (Å²) in [6, 6.07) is 13.7. The van der Waals surface area contributed by atoms with E-state index in [4.69, 9.17) is 0 Å². The first-order valence-electron chi connectivity index (χ1n) is 5.85. The second kappa shape index (κ2) is 5.23. The van der Waals surface area contributed by atoms with Crippen LogP contribution in [0.3, 0.4) is 0 Å². The molecule has 0 amide bonds. The smallest absolute Gasteiger partial charge is 0.179 e. The summed E-state index contributed by atoms with van der Waals surface area (Å²) in [7, 11) is 0. The zero-order valence-corrected chi connectivity index (χ0v) is 12.4. The Morgan fingerprint density at radius 1 is 1.16 bits per heavy atom. The number of para-hydroxylation sites is 1. The molecule has 0 atom stereocenters. The molecule has 3 rings (SSSR count). The van der Waals surface area contributed by atoms with Crippen LogP contribution in [0.25, 0.3) is 10.9 Å². The number of aromatic nitrogens is 1. The van der Waals surface area contributed by atoms with E-state index < -0.39 is 0 Å². The van der Waals surface area contributed by atoms with Crippen molar-refractivity contribution in [3.8, 4) is 0 Å². The Morgan fingerprint density at radius 2 is 2.00 bits per heavy atom. The number of ketones is 1. The van der Waals surface area contributed by atoms with Crippen molar-refractivity contribution in [2.75, 3.05) is 0 Å². The van der Waals surface area contributed by atoms with Crippen molar-refractivity contribution in [2.24, 2.45) is 0 Å². The second-order valence-corrected chi connectivity index (χ2v) is 5.96. The summed E-state index contributed by atoms with van der Waals surface area (Å²) in [4.78, 5) is 17.5. The Hall–Kier alpha value is -1.52. The average molecular weight is 332 g/mol. The van der Waals surface area contributed by atoms with E-state index in [-0.39, 0.29) is 5.78 Å². The molecule has 19 heavy (non-hydrogen) atoms. The Kier molecular flexibility index (Phi) is 3.44. The molecule has 4 heteroatoms. The summed E-state index contributed by atoms with van der Waals surface area (Å²) < 4.78 is 0.864. The highest BCUT2D eigenvalue weighted by atomic mass is 79.9. The van der Waals surface area contributed by atoms with Gasteiger partial charge in [0.15, 0.2) is 5.78 Å². The van der Waals surface area contributed by atoms with Gasteiger partial charge < -0.3 is 0 Å². The molecule has 0 radical (unpaired) electrons. The van der Waals surface area contributed by atoms with Crippen LogP contribution in [0.15, 0.2) is 52.3 Å². The molecule has 1 aromatic carbocycles. The monoisotopic (exact) mass is 331 g/mol. The Morgan fingerprint density at radius 3 is 2.79 bits per heavy atom. The van der Waals surface area contributed by atoms with Crippen molar-refractivity contribution in [2.45, 2.75) is 6.42 Å². The highest BCUT2D eigenvalue weighted by molar-refractivity contribution is 9.10. The number of hydrogen-bond acceptors (Lipinski definition) is 3. The molecule has 0 aliphatic rings. The summed E-state index contributed by atoms with van der Waals surface area (Å²) in [5.41, 5.74) is 1.74. The van der Waals surface area contributed by atoms with Crippen LogP contribution in [0, 0.1) is 0 Å². The molecule has 0 saturated carbocycles. The van der Waals surface area contributed by atoms with Crippen LogP contribution in [0.5, 0.6) is 0 Å². The lowest BCUT2D eigenvalue weighted by Gasteiger charge is -2.02. The molecule has 0 unspecified atom stereocenters. The van der Waals surface area contributed by atoms with Crippen LogP contribution >= 0.6 is 27.3 Å². The van der Waals surface area contributed by atoms with Gasteiger partial charge in [0, 0.05) is 15.6 Å². The van der Waals surface area contributed by atoms with E-state index in [2.05, 4.69) is 20.9 Å². The summed E-state index contributed by atoms with van der Waals surface area (Å²) in [5.74, 6) is 0.102. The molecule has 0 bridgehead atoms. The number of thiophene rings is 1. The number of benzene rings is 1. The Labute approximate surface area is 123 Å². The quantitative estimate of drug-likeness (QED) is 0.662. The van der Waals surface area contributed by atoms with Gasteiger partial charge in [-0.15, -0.1) is 11.3 Å². The standard InChI is InChI=1S/C15H10BrNOS/c16-12-7-8-19-15(12)14(18)9-11-6-5-10-3-1-2-4-13(10)17-11/h1-8H,9H2. The summed E-state index contributed by atoms with van der Waals surface area (Å²) >= 11 is 4.85. The molecule has 2 aromatic heterocycles. The Balaban J connectivity index is 1.89.